The highest BCUT2D eigenvalue weighted by Crippen LogP contribution is 2.00. The molecule has 15 heavy (non-hydrogen) atoms. The van der Waals surface area contributed by atoms with Gasteiger partial charge in [0.1, 0.15) is 0 Å². The van der Waals surface area contributed by atoms with Crippen molar-refractivity contribution in [2.45, 2.75) is 19.8 Å². The Morgan fingerprint density at radius 2 is 2.00 bits per heavy atom. The molecule has 0 saturated heterocycles. The van der Waals surface area contributed by atoms with E-state index in [4.69, 9.17) is 4.74 Å². The molecule has 0 N–H and O–H groups in total. The Kier molecular flexibility index (Phi) is 5.23. The van der Waals surface area contributed by atoms with Crippen LogP contribution in [0.15, 0.2) is 42.5 Å². The lowest BCUT2D eigenvalue weighted by Crippen LogP contribution is -1.98. The maximum atomic E-state index is 10.5. The van der Waals surface area contributed by atoms with Crippen LogP contribution in [-0.4, -0.2) is 12.6 Å². The molecule has 0 aliphatic carbocycles. The number of allylic oxidation sites excluding steroid dienone is 1. The van der Waals surface area contributed by atoms with Crippen LogP contribution in [0.3, 0.4) is 0 Å². The zero-order chi connectivity index (χ0) is 10.9. The van der Waals surface area contributed by atoms with E-state index in [1.807, 2.05) is 24.3 Å². The average molecular weight is 204 g/mol. The molecule has 0 aromatic heterocycles. The Hall–Kier alpha value is -1.57. The van der Waals surface area contributed by atoms with Crippen LogP contribution in [-0.2, 0) is 16.0 Å². The van der Waals surface area contributed by atoms with Crippen LogP contribution >= 0.6 is 0 Å². The van der Waals surface area contributed by atoms with Gasteiger partial charge in [-0.25, -0.2) is 0 Å². The smallest absolute Gasteiger partial charge is 0.302 e. The zero-order valence-corrected chi connectivity index (χ0v) is 8.98. The maximum Gasteiger partial charge on any atom is 0.302 e. The van der Waals surface area contributed by atoms with Gasteiger partial charge in [0, 0.05) is 6.92 Å². The summed E-state index contributed by atoms with van der Waals surface area (Å²) in [6.07, 6.45) is 5.85. The summed E-state index contributed by atoms with van der Waals surface area (Å²) in [6, 6.07) is 10.3. The number of hydrogen-bond donors (Lipinski definition) is 0. The van der Waals surface area contributed by atoms with E-state index in [1.165, 1.54) is 12.5 Å². The molecule has 0 unspecified atom stereocenters. The summed E-state index contributed by atoms with van der Waals surface area (Å²) in [5, 5.41) is 0. The van der Waals surface area contributed by atoms with Gasteiger partial charge >= 0.3 is 5.97 Å². The third-order valence-electron chi connectivity index (χ3n) is 1.95. The molecule has 0 aliphatic heterocycles. The molecule has 0 spiro atoms. The van der Waals surface area contributed by atoms with Crippen LogP contribution in [0.2, 0.25) is 0 Å². The number of hydrogen-bond acceptors (Lipinski definition) is 2. The molecule has 1 aromatic carbocycles. The van der Waals surface area contributed by atoms with Crippen molar-refractivity contribution in [2.75, 3.05) is 6.61 Å². The molecule has 0 fully saturated rings. The van der Waals surface area contributed by atoms with Crippen molar-refractivity contribution in [2.24, 2.45) is 0 Å². The van der Waals surface area contributed by atoms with Gasteiger partial charge in [0.15, 0.2) is 0 Å². The van der Waals surface area contributed by atoms with E-state index in [1.54, 1.807) is 0 Å². The van der Waals surface area contributed by atoms with Crippen molar-refractivity contribution < 1.29 is 9.53 Å². The first-order valence-corrected chi connectivity index (χ1v) is 5.11. The molecule has 2 heteroatoms. The number of ether oxygens (including phenoxy) is 1. The predicted octanol–water partition coefficient (Wildman–Crippen LogP) is 2.74. The van der Waals surface area contributed by atoms with Crippen molar-refractivity contribution in [1.29, 1.82) is 0 Å². The number of rotatable bonds is 5. The van der Waals surface area contributed by atoms with Crippen LogP contribution in [0.4, 0.5) is 0 Å². The standard InChI is InChI=1S/C13H16O2/c1-12(14)15-11-7-3-6-10-13-8-4-2-5-9-13/h2-6,8-9H,7,10-11H2,1H3. The molecule has 2 nitrogen and oxygen atoms in total. The highest BCUT2D eigenvalue weighted by molar-refractivity contribution is 5.65. The largest absolute Gasteiger partial charge is 0.466 e. The topological polar surface area (TPSA) is 26.3 Å². The normalized spacial score (nSPS) is 10.5. The van der Waals surface area contributed by atoms with Crippen molar-refractivity contribution in [3.63, 3.8) is 0 Å². The minimum Gasteiger partial charge on any atom is -0.466 e. The molecule has 0 radical (unpaired) electrons. The van der Waals surface area contributed by atoms with Gasteiger partial charge in [-0.15, -0.1) is 0 Å². The summed E-state index contributed by atoms with van der Waals surface area (Å²) < 4.78 is 4.80. The first-order valence-electron chi connectivity index (χ1n) is 5.11. The lowest BCUT2D eigenvalue weighted by molar-refractivity contribution is -0.140. The van der Waals surface area contributed by atoms with E-state index >= 15 is 0 Å². The van der Waals surface area contributed by atoms with E-state index in [0.29, 0.717) is 6.61 Å². The molecule has 0 heterocycles. The second kappa shape index (κ2) is 6.82. The van der Waals surface area contributed by atoms with Gasteiger partial charge in [-0.05, 0) is 18.4 Å². The number of benzene rings is 1. The summed E-state index contributed by atoms with van der Waals surface area (Å²) in [7, 11) is 0. The first-order chi connectivity index (χ1) is 7.29. The van der Waals surface area contributed by atoms with Crippen molar-refractivity contribution in [3.05, 3.63) is 48.0 Å². The number of esters is 1. The Morgan fingerprint density at radius 3 is 2.67 bits per heavy atom. The first kappa shape index (κ1) is 11.5. The molecule has 1 rings (SSSR count). The van der Waals surface area contributed by atoms with Crippen LogP contribution < -0.4 is 0 Å². The molecule has 0 aliphatic rings. The minimum atomic E-state index is -0.216. The quantitative estimate of drug-likeness (QED) is 0.419. The van der Waals surface area contributed by atoms with Crippen LogP contribution in [0.5, 0.6) is 0 Å². The number of carbonyl (C=O) groups is 1. The lowest BCUT2D eigenvalue weighted by atomic mass is 10.1. The summed E-state index contributed by atoms with van der Waals surface area (Å²) in [6.45, 7) is 1.90. The molecular weight excluding hydrogens is 188 g/mol. The highest BCUT2D eigenvalue weighted by Gasteiger charge is 1.89. The SMILES string of the molecule is CC(=O)OCCC=CCc1ccccc1. The maximum absolute atomic E-state index is 10.5. The van der Waals surface area contributed by atoms with Gasteiger partial charge in [-0.2, -0.15) is 0 Å². The summed E-state index contributed by atoms with van der Waals surface area (Å²) in [5.74, 6) is -0.216. The second-order valence-corrected chi connectivity index (χ2v) is 3.29. The van der Waals surface area contributed by atoms with E-state index in [9.17, 15) is 4.79 Å². The predicted molar refractivity (Wildman–Crippen MR) is 60.5 cm³/mol. The fraction of sp³-hybridized carbons (Fsp3) is 0.308. The molecule has 1 aromatic rings. The zero-order valence-electron chi connectivity index (χ0n) is 8.98. The Labute approximate surface area is 90.6 Å². The highest BCUT2D eigenvalue weighted by atomic mass is 16.5. The van der Waals surface area contributed by atoms with Gasteiger partial charge in [0.25, 0.3) is 0 Å². The Morgan fingerprint density at radius 1 is 1.27 bits per heavy atom. The second-order valence-electron chi connectivity index (χ2n) is 3.29. The average Bonchev–Trinajstić information content (AvgIpc) is 2.24. The fourth-order valence-electron chi connectivity index (χ4n) is 1.22. The van der Waals surface area contributed by atoms with Crippen LogP contribution in [0.25, 0.3) is 0 Å². The van der Waals surface area contributed by atoms with Crippen molar-refractivity contribution >= 4 is 5.97 Å². The van der Waals surface area contributed by atoms with Crippen LogP contribution in [0.1, 0.15) is 18.9 Å². The van der Waals surface area contributed by atoms with E-state index in [0.717, 1.165) is 12.8 Å². The Balaban J connectivity index is 2.15. The van der Waals surface area contributed by atoms with Crippen LogP contribution in [0, 0.1) is 0 Å². The third-order valence-corrected chi connectivity index (χ3v) is 1.95. The lowest BCUT2D eigenvalue weighted by Gasteiger charge is -1.97. The molecule has 0 atom stereocenters. The molecule has 80 valence electrons. The van der Waals surface area contributed by atoms with Gasteiger partial charge in [0.2, 0.25) is 0 Å². The fourth-order valence-corrected chi connectivity index (χ4v) is 1.22. The summed E-state index contributed by atoms with van der Waals surface area (Å²) in [5.41, 5.74) is 1.29. The van der Waals surface area contributed by atoms with Gasteiger partial charge < -0.3 is 4.74 Å². The third kappa shape index (κ3) is 5.68. The Bertz CT molecular complexity index is 315. The summed E-state index contributed by atoms with van der Waals surface area (Å²) >= 11 is 0. The minimum absolute atomic E-state index is 0.216. The molecular formula is C13H16O2. The monoisotopic (exact) mass is 204 g/mol. The van der Waals surface area contributed by atoms with Gasteiger partial charge in [-0.3, -0.25) is 4.79 Å². The van der Waals surface area contributed by atoms with E-state index < -0.39 is 0 Å². The molecule has 0 bridgehead atoms. The van der Waals surface area contributed by atoms with E-state index in [-0.39, 0.29) is 5.97 Å². The molecule has 0 saturated carbocycles. The number of carbonyl (C=O) groups excluding carboxylic acids is 1. The summed E-state index contributed by atoms with van der Waals surface area (Å²) in [4.78, 5) is 10.5. The molecule has 0 amide bonds. The van der Waals surface area contributed by atoms with Gasteiger partial charge in [0.05, 0.1) is 6.61 Å². The van der Waals surface area contributed by atoms with Crippen molar-refractivity contribution in [1.82, 2.24) is 0 Å². The van der Waals surface area contributed by atoms with E-state index in [2.05, 4.69) is 18.2 Å². The van der Waals surface area contributed by atoms with Crippen molar-refractivity contribution in [3.8, 4) is 0 Å². The van der Waals surface area contributed by atoms with Gasteiger partial charge in [-0.1, -0.05) is 42.5 Å².